The first-order chi connectivity index (χ1) is 9.29. The Morgan fingerprint density at radius 2 is 1.74 bits per heavy atom. The molecule has 0 aliphatic carbocycles. The van der Waals surface area contributed by atoms with Gasteiger partial charge in [0.25, 0.3) is 0 Å². The minimum Gasteiger partial charge on any atom is -0.388 e. The first-order valence-corrected chi connectivity index (χ1v) is 6.19. The van der Waals surface area contributed by atoms with E-state index in [1.54, 1.807) is 24.3 Å². The molecule has 19 heavy (non-hydrogen) atoms. The monoisotopic (exact) mass is 249 g/mol. The standard InChI is InChI=1S/C17H15NO/c18-13-15-9-11-16(12-10-15)17(19)8-4-7-14-5-2-1-3-6-14/h1-7,9-12,17,19H,8H2/b7-4+. The van der Waals surface area contributed by atoms with E-state index >= 15 is 0 Å². The Labute approximate surface area is 113 Å². The summed E-state index contributed by atoms with van der Waals surface area (Å²) in [5, 5.41) is 18.7. The van der Waals surface area contributed by atoms with Gasteiger partial charge in [-0.05, 0) is 29.7 Å². The second-order valence-electron chi connectivity index (χ2n) is 4.30. The van der Waals surface area contributed by atoms with Crippen molar-refractivity contribution in [1.29, 1.82) is 5.26 Å². The average Bonchev–Trinajstić information content (AvgIpc) is 2.48. The maximum absolute atomic E-state index is 10.0. The smallest absolute Gasteiger partial charge is 0.0991 e. The van der Waals surface area contributed by atoms with E-state index in [9.17, 15) is 5.11 Å². The molecule has 1 atom stereocenters. The van der Waals surface area contributed by atoms with Gasteiger partial charge in [-0.15, -0.1) is 0 Å². The highest BCUT2D eigenvalue weighted by molar-refractivity contribution is 5.48. The number of rotatable bonds is 4. The van der Waals surface area contributed by atoms with Crippen LogP contribution in [0, 0.1) is 11.3 Å². The molecule has 0 radical (unpaired) electrons. The van der Waals surface area contributed by atoms with Crippen molar-refractivity contribution >= 4 is 6.08 Å². The van der Waals surface area contributed by atoms with Crippen molar-refractivity contribution in [2.24, 2.45) is 0 Å². The topological polar surface area (TPSA) is 44.0 Å². The second-order valence-corrected chi connectivity index (χ2v) is 4.30. The lowest BCUT2D eigenvalue weighted by Gasteiger charge is -2.07. The molecule has 1 N–H and O–H groups in total. The molecule has 2 aromatic rings. The van der Waals surface area contributed by atoms with Gasteiger partial charge in [0.15, 0.2) is 0 Å². The first kappa shape index (κ1) is 13.1. The Kier molecular flexibility index (Phi) is 4.49. The molecule has 0 aliphatic rings. The van der Waals surface area contributed by atoms with Gasteiger partial charge in [0.05, 0.1) is 17.7 Å². The Morgan fingerprint density at radius 1 is 1.05 bits per heavy atom. The molecule has 2 aromatic carbocycles. The lowest BCUT2D eigenvalue weighted by atomic mass is 10.0. The predicted octanol–water partition coefficient (Wildman–Crippen LogP) is 3.70. The van der Waals surface area contributed by atoms with Crippen LogP contribution in [0.1, 0.15) is 29.2 Å². The summed E-state index contributed by atoms with van der Waals surface area (Å²) in [5.41, 5.74) is 2.56. The zero-order valence-corrected chi connectivity index (χ0v) is 10.5. The van der Waals surface area contributed by atoms with Crippen LogP contribution in [0.2, 0.25) is 0 Å². The van der Waals surface area contributed by atoms with Gasteiger partial charge >= 0.3 is 0 Å². The van der Waals surface area contributed by atoms with Gasteiger partial charge in [-0.2, -0.15) is 5.26 Å². The molecule has 0 amide bonds. The number of aliphatic hydroxyl groups excluding tert-OH is 1. The fourth-order valence-corrected chi connectivity index (χ4v) is 1.81. The van der Waals surface area contributed by atoms with Gasteiger partial charge in [0.2, 0.25) is 0 Å². The Bertz CT molecular complexity index is 579. The quantitative estimate of drug-likeness (QED) is 0.898. The van der Waals surface area contributed by atoms with Crippen molar-refractivity contribution in [3.05, 3.63) is 77.4 Å². The van der Waals surface area contributed by atoms with Crippen molar-refractivity contribution in [2.75, 3.05) is 0 Å². The molecule has 0 saturated carbocycles. The lowest BCUT2D eigenvalue weighted by molar-refractivity contribution is 0.182. The van der Waals surface area contributed by atoms with Crippen LogP contribution >= 0.6 is 0 Å². The van der Waals surface area contributed by atoms with E-state index < -0.39 is 6.10 Å². The summed E-state index contributed by atoms with van der Waals surface area (Å²) in [6.07, 6.45) is 3.97. The largest absolute Gasteiger partial charge is 0.388 e. The number of hydrogen-bond donors (Lipinski definition) is 1. The zero-order chi connectivity index (χ0) is 13.5. The average molecular weight is 249 g/mol. The molecule has 1 unspecified atom stereocenters. The van der Waals surface area contributed by atoms with Crippen molar-refractivity contribution in [1.82, 2.24) is 0 Å². The first-order valence-electron chi connectivity index (χ1n) is 6.19. The van der Waals surface area contributed by atoms with E-state index in [0.29, 0.717) is 12.0 Å². The van der Waals surface area contributed by atoms with E-state index in [2.05, 4.69) is 6.07 Å². The number of nitriles is 1. The molecule has 0 aliphatic heterocycles. The highest BCUT2D eigenvalue weighted by Crippen LogP contribution is 2.18. The van der Waals surface area contributed by atoms with Crippen LogP contribution in [0.25, 0.3) is 6.08 Å². The van der Waals surface area contributed by atoms with Crippen LogP contribution in [0.15, 0.2) is 60.7 Å². The van der Waals surface area contributed by atoms with Gasteiger partial charge in [0.1, 0.15) is 0 Å². The normalized spacial score (nSPS) is 12.2. The molecule has 2 heteroatoms. The van der Waals surface area contributed by atoms with Crippen molar-refractivity contribution < 1.29 is 5.11 Å². The minimum absolute atomic E-state index is 0.535. The van der Waals surface area contributed by atoms with Gasteiger partial charge in [0, 0.05) is 0 Å². The third-order valence-corrected chi connectivity index (χ3v) is 2.89. The maximum atomic E-state index is 10.0. The number of benzene rings is 2. The molecule has 94 valence electrons. The molecule has 0 spiro atoms. The Hall–Kier alpha value is -2.37. The van der Waals surface area contributed by atoms with Crippen molar-refractivity contribution in [3.63, 3.8) is 0 Å². The van der Waals surface area contributed by atoms with Crippen LogP contribution in [0.4, 0.5) is 0 Å². The molecule has 0 bridgehead atoms. The summed E-state index contributed by atoms with van der Waals surface area (Å²) in [5.74, 6) is 0. The highest BCUT2D eigenvalue weighted by Gasteiger charge is 2.04. The molecule has 2 nitrogen and oxygen atoms in total. The molecule has 2 rings (SSSR count). The summed E-state index contributed by atoms with van der Waals surface area (Å²) in [4.78, 5) is 0. The summed E-state index contributed by atoms with van der Waals surface area (Å²) >= 11 is 0. The Morgan fingerprint density at radius 3 is 2.37 bits per heavy atom. The van der Waals surface area contributed by atoms with Gasteiger partial charge in [-0.3, -0.25) is 0 Å². The summed E-state index contributed by atoms with van der Waals surface area (Å²) in [6, 6.07) is 19.1. The molecule has 0 fully saturated rings. The molecular formula is C17H15NO. The van der Waals surface area contributed by atoms with Crippen LogP contribution < -0.4 is 0 Å². The molecule has 0 heterocycles. The third kappa shape index (κ3) is 3.80. The lowest BCUT2D eigenvalue weighted by Crippen LogP contribution is -1.95. The van der Waals surface area contributed by atoms with Gasteiger partial charge in [-0.25, -0.2) is 0 Å². The highest BCUT2D eigenvalue weighted by atomic mass is 16.3. The SMILES string of the molecule is N#Cc1ccc(C(O)C/C=C/c2ccccc2)cc1. The summed E-state index contributed by atoms with van der Waals surface area (Å²) < 4.78 is 0. The number of aliphatic hydroxyl groups is 1. The molecular weight excluding hydrogens is 234 g/mol. The van der Waals surface area contributed by atoms with Gasteiger partial charge in [-0.1, -0.05) is 54.6 Å². The third-order valence-electron chi connectivity index (χ3n) is 2.89. The van der Waals surface area contributed by atoms with Crippen LogP contribution in [0.5, 0.6) is 0 Å². The van der Waals surface area contributed by atoms with Crippen molar-refractivity contribution in [3.8, 4) is 6.07 Å². The van der Waals surface area contributed by atoms with E-state index in [1.165, 1.54) is 0 Å². The minimum atomic E-state index is -0.535. The molecule has 0 aromatic heterocycles. The van der Waals surface area contributed by atoms with Crippen molar-refractivity contribution in [2.45, 2.75) is 12.5 Å². The van der Waals surface area contributed by atoms with Gasteiger partial charge < -0.3 is 5.11 Å². The zero-order valence-electron chi connectivity index (χ0n) is 10.5. The summed E-state index contributed by atoms with van der Waals surface area (Å²) in [7, 11) is 0. The number of hydrogen-bond acceptors (Lipinski definition) is 2. The maximum Gasteiger partial charge on any atom is 0.0991 e. The van der Waals surface area contributed by atoms with E-state index in [0.717, 1.165) is 11.1 Å². The van der Waals surface area contributed by atoms with Crippen LogP contribution in [-0.2, 0) is 0 Å². The predicted molar refractivity (Wildman–Crippen MR) is 76.2 cm³/mol. The Balaban J connectivity index is 1.95. The second kappa shape index (κ2) is 6.53. The fraction of sp³-hybridized carbons (Fsp3) is 0.118. The van der Waals surface area contributed by atoms with Crippen LogP contribution in [0.3, 0.4) is 0 Å². The molecule has 0 saturated heterocycles. The van der Waals surface area contributed by atoms with E-state index in [4.69, 9.17) is 5.26 Å². The van der Waals surface area contributed by atoms with E-state index in [-0.39, 0.29) is 0 Å². The number of nitrogens with zero attached hydrogens (tertiary/aromatic N) is 1. The van der Waals surface area contributed by atoms with Crippen LogP contribution in [-0.4, -0.2) is 5.11 Å². The fourth-order valence-electron chi connectivity index (χ4n) is 1.81. The van der Waals surface area contributed by atoms with E-state index in [1.807, 2.05) is 42.5 Å². The summed E-state index contributed by atoms with van der Waals surface area (Å²) in [6.45, 7) is 0.